The quantitative estimate of drug-likeness (QED) is 0.475. The van der Waals surface area contributed by atoms with Crippen LogP contribution in [0.2, 0.25) is 0 Å². The maximum Gasteiger partial charge on any atom is 0.262 e. The average Bonchev–Trinajstić information content (AvgIpc) is 2.88. The number of hydrogen-bond acceptors (Lipinski definition) is 4. The van der Waals surface area contributed by atoms with Crippen molar-refractivity contribution in [3.63, 3.8) is 0 Å². The highest BCUT2D eigenvalue weighted by Crippen LogP contribution is 2.27. The van der Waals surface area contributed by atoms with Gasteiger partial charge in [0.1, 0.15) is 5.75 Å². The number of ether oxygens (including phenoxy) is 1. The number of anilines is 1. The molecule has 0 heterocycles. The first-order valence-electron chi connectivity index (χ1n) is 11.6. The van der Waals surface area contributed by atoms with E-state index >= 15 is 0 Å². The lowest BCUT2D eigenvalue weighted by atomic mass is 9.96. The van der Waals surface area contributed by atoms with E-state index in [-0.39, 0.29) is 23.5 Å². The van der Waals surface area contributed by atoms with Crippen molar-refractivity contribution < 1.29 is 17.9 Å². The monoisotopic (exact) mass is 478 g/mol. The van der Waals surface area contributed by atoms with Crippen LogP contribution in [0, 0.1) is 0 Å². The number of amides is 1. The molecule has 1 amide bonds. The van der Waals surface area contributed by atoms with Crippen molar-refractivity contribution in [2.24, 2.45) is 0 Å². The van der Waals surface area contributed by atoms with Crippen molar-refractivity contribution >= 4 is 21.6 Å². The smallest absolute Gasteiger partial charge is 0.262 e. The van der Waals surface area contributed by atoms with E-state index in [4.69, 9.17) is 4.74 Å². The lowest BCUT2D eigenvalue weighted by Crippen LogP contribution is -2.38. The number of sulfonamides is 1. The molecule has 6 nitrogen and oxygen atoms in total. The van der Waals surface area contributed by atoms with Crippen molar-refractivity contribution in [1.29, 1.82) is 0 Å². The first-order valence-corrected chi connectivity index (χ1v) is 13.0. The lowest BCUT2D eigenvalue weighted by molar-refractivity contribution is -0.118. The van der Waals surface area contributed by atoms with E-state index in [1.165, 1.54) is 22.9 Å². The van der Waals surface area contributed by atoms with Crippen LogP contribution in [-0.2, 0) is 14.8 Å². The summed E-state index contributed by atoms with van der Waals surface area (Å²) in [5.74, 6) is 0.282. The first-order chi connectivity index (χ1) is 16.4. The summed E-state index contributed by atoms with van der Waals surface area (Å²) < 4.78 is 33.0. The zero-order valence-electron chi connectivity index (χ0n) is 19.3. The van der Waals surface area contributed by atoms with Gasteiger partial charge in [-0.2, -0.15) is 4.31 Å². The average molecular weight is 479 g/mol. The molecular weight excluding hydrogens is 448 g/mol. The number of rotatable bonds is 8. The minimum atomic E-state index is -3.56. The summed E-state index contributed by atoms with van der Waals surface area (Å²) in [5, 5.41) is 2.75. The van der Waals surface area contributed by atoms with Gasteiger partial charge in [0, 0.05) is 18.8 Å². The Kier molecular flexibility index (Phi) is 7.65. The van der Waals surface area contributed by atoms with Crippen molar-refractivity contribution in [1.82, 2.24) is 4.31 Å². The summed E-state index contributed by atoms with van der Waals surface area (Å²) in [6.07, 6.45) is 5.10. The van der Waals surface area contributed by atoms with E-state index in [2.05, 4.69) is 5.32 Å². The SMILES string of the molecule is CN(C1CCCCC1)S(=O)(=O)c1ccc(NC(=O)COc2ccc(-c3ccccc3)cc2)cc1. The fraction of sp³-hybridized carbons (Fsp3) is 0.296. The van der Waals surface area contributed by atoms with Crippen LogP contribution < -0.4 is 10.1 Å². The van der Waals surface area contributed by atoms with Crippen LogP contribution in [0.3, 0.4) is 0 Å². The summed E-state index contributed by atoms with van der Waals surface area (Å²) in [7, 11) is -1.90. The van der Waals surface area contributed by atoms with Crippen LogP contribution in [0.15, 0.2) is 83.8 Å². The predicted molar refractivity (Wildman–Crippen MR) is 134 cm³/mol. The Morgan fingerprint density at radius 2 is 1.50 bits per heavy atom. The Hall–Kier alpha value is -3.16. The van der Waals surface area contributed by atoms with Gasteiger partial charge >= 0.3 is 0 Å². The Morgan fingerprint density at radius 1 is 0.882 bits per heavy atom. The minimum Gasteiger partial charge on any atom is -0.484 e. The van der Waals surface area contributed by atoms with Gasteiger partial charge in [-0.05, 0) is 60.4 Å². The molecule has 178 valence electrons. The lowest BCUT2D eigenvalue weighted by Gasteiger charge is -2.30. The molecule has 1 aliphatic carbocycles. The third-order valence-corrected chi connectivity index (χ3v) is 8.16. The van der Waals surface area contributed by atoms with Crippen LogP contribution in [-0.4, -0.2) is 38.3 Å². The normalized spacial score (nSPS) is 14.6. The minimum absolute atomic E-state index is 0.0528. The Bertz CT molecular complexity index is 1190. The summed E-state index contributed by atoms with van der Waals surface area (Å²) in [6.45, 7) is -0.144. The van der Waals surface area contributed by atoms with Gasteiger partial charge in [0.05, 0.1) is 4.90 Å². The molecule has 0 radical (unpaired) electrons. The molecule has 0 bridgehead atoms. The zero-order valence-corrected chi connectivity index (χ0v) is 20.1. The van der Waals surface area contributed by atoms with E-state index in [9.17, 15) is 13.2 Å². The zero-order chi connectivity index (χ0) is 24.0. The molecule has 0 aliphatic heterocycles. The molecule has 1 N–H and O–H groups in total. The Labute approximate surface area is 201 Å². The molecule has 3 aromatic carbocycles. The highest BCUT2D eigenvalue weighted by atomic mass is 32.2. The molecule has 7 heteroatoms. The number of nitrogens with zero attached hydrogens (tertiary/aromatic N) is 1. The van der Waals surface area contributed by atoms with Crippen molar-refractivity contribution in [3.8, 4) is 16.9 Å². The third kappa shape index (κ3) is 5.85. The van der Waals surface area contributed by atoms with Crippen LogP contribution in [0.25, 0.3) is 11.1 Å². The molecule has 0 saturated heterocycles. The number of carbonyl (C=O) groups is 1. The highest BCUT2D eigenvalue weighted by molar-refractivity contribution is 7.89. The summed E-state index contributed by atoms with van der Waals surface area (Å²) >= 11 is 0. The van der Waals surface area contributed by atoms with Gasteiger partial charge < -0.3 is 10.1 Å². The van der Waals surface area contributed by atoms with Crippen molar-refractivity contribution in [2.75, 3.05) is 19.0 Å². The summed E-state index contributed by atoms with van der Waals surface area (Å²) in [4.78, 5) is 12.5. The standard InChI is InChI=1S/C27H30N2O4S/c1-29(24-10-6-3-7-11-24)34(31,32)26-18-14-23(15-19-26)28-27(30)20-33-25-16-12-22(13-17-25)21-8-4-2-5-9-21/h2,4-5,8-9,12-19,24H,3,6-7,10-11,20H2,1H3,(H,28,30). The van der Waals surface area contributed by atoms with Gasteiger partial charge in [-0.3, -0.25) is 4.79 Å². The highest BCUT2D eigenvalue weighted by Gasteiger charge is 2.28. The second-order valence-corrected chi connectivity index (χ2v) is 10.6. The third-order valence-electron chi connectivity index (χ3n) is 6.24. The Morgan fingerprint density at radius 3 is 2.15 bits per heavy atom. The summed E-state index contributed by atoms with van der Waals surface area (Å²) in [5.41, 5.74) is 2.70. The van der Waals surface area contributed by atoms with Crippen LogP contribution in [0.1, 0.15) is 32.1 Å². The fourth-order valence-corrected chi connectivity index (χ4v) is 5.65. The van der Waals surface area contributed by atoms with Crippen molar-refractivity contribution in [3.05, 3.63) is 78.9 Å². The maximum absolute atomic E-state index is 13.0. The molecule has 1 saturated carbocycles. The van der Waals surface area contributed by atoms with Gasteiger partial charge in [0.2, 0.25) is 10.0 Å². The number of nitrogens with one attached hydrogen (secondary N) is 1. The molecule has 1 aliphatic rings. The maximum atomic E-state index is 13.0. The predicted octanol–water partition coefficient (Wildman–Crippen LogP) is 5.32. The van der Waals surface area contributed by atoms with Gasteiger partial charge in [-0.15, -0.1) is 0 Å². The molecule has 1 fully saturated rings. The largest absolute Gasteiger partial charge is 0.484 e. The van der Waals surface area contributed by atoms with Crippen LogP contribution in [0.4, 0.5) is 5.69 Å². The number of hydrogen-bond donors (Lipinski definition) is 1. The second-order valence-electron chi connectivity index (χ2n) is 8.56. The van der Waals surface area contributed by atoms with Gasteiger partial charge in [0.25, 0.3) is 5.91 Å². The van der Waals surface area contributed by atoms with E-state index < -0.39 is 10.0 Å². The van der Waals surface area contributed by atoms with E-state index in [1.807, 2.05) is 54.6 Å². The van der Waals surface area contributed by atoms with Gasteiger partial charge in [-0.1, -0.05) is 61.7 Å². The molecule has 0 unspecified atom stereocenters. The van der Waals surface area contributed by atoms with Crippen molar-refractivity contribution in [2.45, 2.75) is 43.0 Å². The van der Waals surface area contributed by atoms with Gasteiger partial charge in [0.15, 0.2) is 6.61 Å². The number of benzene rings is 3. The molecule has 3 aromatic rings. The molecule has 0 aromatic heterocycles. The van der Waals surface area contributed by atoms with Crippen LogP contribution in [0.5, 0.6) is 5.75 Å². The first kappa shape index (κ1) is 24.0. The molecule has 34 heavy (non-hydrogen) atoms. The molecule has 0 spiro atoms. The van der Waals surface area contributed by atoms with Crippen LogP contribution >= 0.6 is 0 Å². The fourth-order valence-electron chi connectivity index (χ4n) is 4.24. The molecule has 0 atom stereocenters. The molecule has 4 rings (SSSR count). The Balaban J connectivity index is 1.30. The van der Waals surface area contributed by atoms with E-state index in [1.54, 1.807) is 19.2 Å². The molecular formula is C27H30N2O4S. The van der Waals surface area contributed by atoms with Gasteiger partial charge in [-0.25, -0.2) is 8.42 Å². The second kappa shape index (κ2) is 10.8. The summed E-state index contributed by atoms with van der Waals surface area (Å²) in [6, 6.07) is 23.9. The number of carbonyl (C=O) groups excluding carboxylic acids is 1. The van der Waals surface area contributed by atoms with E-state index in [0.29, 0.717) is 11.4 Å². The topological polar surface area (TPSA) is 75.7 Å². The van der Waals surface area contributed by atoms with E-state index in [0.717, 1.165) is 36.8 Å².